The molecule has 0 saturated carbocycles. The number of hydrogen-bond acceptors (Lipinski definition) is 5. The van der Waals surface area contributed by atoms with Crippen LogP contribution in [-0.2, 0) is 16.1 Å². The Morgan fingerprint density at radius 2 is 2.27 bits per heavy atom. The number of carbonyl (C=O) groups excluding carboxylic acids is 2. The SMILES string of the molecule is CC(=O)NC[C@H]1CN(c2ccc3cc(CO)oc3c2)C(=O)O1. The molecule has 2 heterocycles. The van der Waals surface area contributed by atoms with E-state index < -0.39 is 6.09 Å². The summed E-state index contributed by atoms with van der Waals surface area (Å²) in [6.45, 7) is 1.89. The van der Waals surface area contributed by atoms with Crippen molar-refractivity contribution >= 4 is 28.7 Å². The van der Waals surface area contributed by atoms with Gasteiger partial charge in [-0.25, -0.2) is 4.79 Å². The Morgan fingerprint density at radius 1 is 1.45 bits per heavy atom. The smallest absolute Gasteiger partial charge is 0.414 e. The van der Waals surface area contributed by atoms with E-state index in [0.29, 0.717) is 23.6 Å². The molecule has 116 valence electrons. The molecule has 0 aliphatic carbocycles. The van der Waals surface area contributed by atoms with Gasteiger partial charge in [-0.2, -0.15) is 0 Å². The predicted octanol–water partition coefficient (Wildman–Crippen LogP) is 1.39. The third-order valence-electron chi connectivity index (χ3n) is 3.47. The summed E-state index contributed by atoms with van der Waals surface area (Å²) in [6, 6.07) is 7.10. The normalized spacial score (nSPS) is 17.8. The van der Waals surface area contributed by atoms with Crippen molar-refractivity contribution < 1.29 is 23.8 Å². The van der Waals surface area contributed by atoms with Crippen LogP contribution < -0.4 is 10.2 Å². The Kier molecular flexibility index (Phi) is 3.72. The highest BCUT2D eigenvalue weighted by atomic mass is 16.6. The number of rotatable bonds is 4. The summed E-state index contributed by atoms with van der Waals surface area (Å²) in [5.41, 5.74) is 1.25. The van der Waals surface area contributed by atoms with Gasteiger partial charge in [0.25, 0.3) is 0 Å². The summed E-state index contributed by atoms with van der Waals surface area (Å²) >= 11 is 0. The minimum atomic E-state index is -0.455. The molecule has 7 heteroatoms. The van der Waals surface area contributed by atoms with Gasteiger partial charge in [0.05, 0.1) is 18.8 Å². The monoisotopic (exact) mass is 304 g/mol. The van der Waals surface area contributed by atoms with E-state index in [1.165, 1.54) is 11.8 Å². The second kappa shape index (κ2) is 5.69. The van der Waals surface area contributed by atoms with Crippen molar-refractivity contribution in [1.82, 2.24) is 5.32 Å². The lowest BCUT2D eigenvalue weighted by molar-refractivity contribution is -0.119. The first kappa shape index (κ1) is 14.4. The fraction of sp³-hybridized carbons (Fsp3) is 0.333. The number of carbonyl (C=O) groups is 2. The number of aliphatic hydroxyl groups is 1. The number of cyclic esters (lactones) is 1. The van der Waals surface area contributed by atoms with Gasteiger partial charge in [-0.3, -0.25) is 9.69 Å². The maximum absolute atomic E-state index is 11.9. The van der Waals surface area contributed by atoms with E-state index in [-0.39, 0.29) is 25.2 Å². The molecule has 1 aromatic carbocycles. The number of furan rings is 1. The third kappa shape index (κ3) is 2.75. The van der Waals surface area contributed by atoms with E-state index in [9.17, 15) is 9.59 Å². The van der Waals surface area contributed by atoms with Crippen molar-refractivity contribution in [1.29, 1.82) is 0 Å². The summed E-state index contributed by atoms with van der Waals surface area (Å²) in [7, 11) is 0. The molecule has 2 amide bonds. The van der Waals surface area contributed by atoms with Crippen LogP contribution in [0.2, 0.25) is 0 Å². The van der Waals surface area contributed by atoms with Crippen LogP contribution in [0.1, 0.15) is 12.7 Å². The predicted molar refractivity (Wildman–Crippen MR) is 78.4 cm³/mol. The summed E-state index contributed by atoms with van der Waals surface area (Å²) in [5, 5.41) is 12.6. The number of benzene rings is 1. The van der Waals surface area contributed by atoms with Crippen molar-refractivity contribution in [2.24, 2.45) is 0 Å². The van der Waals surface area contributed by atoms with Crippen LogP contribution >= 0.6 is 0 Å². The number of fused-ring (bicyclic) bond motifs is 1. The van der Waals surface area contributed by atoms with Gasteiger partial charge in [-0.05, 0) is 18.2 Å². The molecule has 1 fully saturated rings. The van der Waals surface area contributed by atoms with E-state index in [0.717, 1.165) is 5.39 Å². The van der Waals surface area contributed by atoms with Crippen LogP contribution in [0.5, 0.6) is 0 Å². The van der Waals surface area contributed by atoms with Gasteiger partial charge in [0.15, 0.2) is 0 Å². The molecule has 1 saturated heterocycles. The number of amides is 2. The molecule has 3 rings (SSSR count). The van der Waals surface area contributed by atoms with Gasteiger partial charge in [0.1, 0.15) is 24.1 Å². The number of hydrogen-bond donors (Lipinski definition) is 2. The molecule has 1 aliphatic heterocycles. The minimum absolute atomic E-state index is 0.164. The van der Waals surface area contributed by atoms with Crippen molar-refractivity contribution in [3.63, 3.8) is 0 Å². The Morgan fingerprint density at radius 3 is 3.00 bits per heavy atom. The lowest BCUT2D eigenvalue weighted by Crippen LogP contribution is -2.33. The van der Waals surface area contributed by atoms with Crippen molar-refractivity contribution in [2.45, 2.75) is 19.6 Å². The Labute approximate surface area is 126 Å². The Bertz CT molecular complexity index is 724. The third-order valence-corrected chi connectivity index (χ3v) is 3.47. The fourth-order valence-corrected chi connectivity index (χ4v) is 2.42. The van der Waals surface area contributed by atoms with Gasteiger partial charge in [0.2, 0.25) is 5.91 Å². The van der Waals surface area contributed by atoms with Crippen LogP contribution in [-0.4, -0.2) is 36.3 Å². The summed E-state index contributed by atoms with van der Waals surface area (Å²) < 4.78 is 10.7. The number of anilines is 1. The molecule has 7 nitrogen and oxygen atoms in total. The molecule has 0 unspecified atom stereocenters. The first-order chi connectivity index (χ1) is 10.6. The molecule has 2 N–H and O–H groups in total. The average molecular weight is 304 g/mol. The first-order valence-corrected chi connectivity index (χ1v) is 6.92. The summed E-state index contributed by atoms with van der Waals surface area (Å²) in [5.74, 6) is 0.308. The molecule has 1 aliphatic rings. The number of aliphatic hydroxyl groups excluding tert-OH is 1. The van der Waals surface area contributed by atoms with E-state index >= 15 is 0 Å². The van der Waals surface area contributed by atoms with E-state index in [1.54, 1.807) is 18.2 Å². The van der Waals surface area contributed by atoms with Crippen molar-refractivity contribution in [3.8, 4) is 0 Å². The van der Waals surface area contributed by atoms with Crippen LogP contribution in [0.4, 0.5) is 10.5 Å². The topological polar surface area (TPSA) is 92.0 Å². The molecule has 0 bridgehead atoms. The van der Waals surface area contributed by atoms with Gasteiger partial charge in [0, 0.05) is 18.4 Å². The summed E-state index contributed by atoms with van der Waals surface area (Å²) in [4.78, 5) is 24.4. The quantitative estimate of drug-likeness (QED) is 0.890. The molecule has 22 heavy (non-hydrogen) atoms. The lowest BCUT2D eigenvalue weighted by atomic mass is 10.2. The second-order valence-corrected chi connectivity index (χ2v) is 5.15. The van der Waals surface area contributed by atoms with Crippen LogP contribution in [0.25, 0.3) is 11.0 Å². The average Bonchev–Trinajstić information content (AvgIpc) is 3.07. The van der Waals surface area contributed by atoms with Gasteiger partial charge in [-0.15, -0.1) is 0 Å². The fourth-order valence-electron chi connectivity index (χ4n) is 2.42. The zero-order valence-electron chi connectivity index (χ0n) is 12.0. The first-order valence-electron chi connectivity index (χ1n) is 6.92. The van der Waals surface area contributed by atoms with Crippen LogP contribution in [0.15, 0.2) is 28.7 Å². The molecule has 0 spiro atoms. The largest absolute Gasteiger partial charge is 0.459 e. The van der Waals surface area contributed by atoms with Crippen LogP contribution in [0, 0.1) is 0 Å². The highest BCUT2D eigenvalue weighted by Crippen LogP contribution is 2.28. The molecule has 1 atom stereocenters. The highest BCUT2D eigenvalue weighted by molar-refractivity contribution is 5.93. The molecule has 0 radical (unpaired) electrons. The molecule has 1 aromatic heterocycles. The number of nitrogens with zero attached hydrogens (tertiary/aromatic N) is 1. The summed E-state index contributed by atoms with van der Waals surface area (Å²) in [6.07, 6.45) is -0.833. The second-order valence-electron chi connectivity index (χ2n) is 5.15. The Hall–Kier alpha value is -2.54. The minimum Gasteiger partial charge on any atom is -0.459 e. The van der Waals surface area contributed by atoms with Crippen molar-refractivity contribution in [3.05, 3.63) is 30.0 Å². The lowest BCUT2D eigenvalue weighted by Gasteiger charge is -2.12. The zero-order valence-corrected chi connectivity index (χ0v) is 12.0. The highest BCUT2D eigenvalue weighted by Gasteiger charge is 2.32. The molecular formula is C15H16N2O5. The van der Waals surface area contributed by atoms with Crippen LogP contribution in [0.3, 0.4) is 0 Å². The number of ether oxygens (including phenoxy) is 1. The molecule has 2 aromatic rings. The van der Waals surface area contributed by atoms with E-state index in [2.05, 4.69) is 5.32 Å². The van der Waals surface area contributed by atoms with Gasteiger partial charge >= 0.3 is 6.09 Å². The van der Waals surface area contributed by atoms with Gasteiger partial charge < -0.3 is 19.6 Å². The van der Waals surface area contributed by atoms with Gasteiger partial charge in [-0.1, -0.05) is 0 Å². The van der Waals surface area contributed by atoms with Crippen molar-refractivity contribution in [2.75, 3.05) is 18.0 Å². The van der Waals surface area contributed by atoms with E-state index in [4.69, 9.17) is 14.3 Å². The maximum atomic E-state index is 11.9. The Balaban J connectivity index is 1.78. The number of nitrogens with one attached hydrogen (secondary N) is 1. The molecular weight excluding hydrogens is 288 g/mol. The maximum Gasteiger partial charge on any atom is 0.414 e. The standard InChI is InChI=1S/C15H16N2O5/c1-9(19)16-6-13-7-17(15(20)22-13)11-3-2-10-4-12(8-18)21-14(10)5-11/h2-5,13,18H,6-8H2,1H3,(H,16,19)/t13-/m0/s1. The van der Waals surface area contributed by atoms with E-state index in [1.807, 2.05) is 6.07 Å². The zero-order chi connectivity index (χ0) is 15.7.